The van der Waals surface area contributed by atoms with Crippen LogP contribution in [0, 0.1) is 0 Å². The molecule has 1 aromatic heterocycles. The summed E-state index contributed by atoms with van der Waals surface area (Å²) in [5, 5.41) is 2.59. The normalized spacial score (nSPS) is 10.7. The van der Waals surface area contributed by atoms with Gasteiger partial charge < -0.3 is 15.0 Å². The molecule has 2 rings (SSSR count). The number of ether oxygens (including phenoxy) is 1. The molecule has 0 spiro atoms. The second-order valence-electron chi connectivity index (χ2n) is 3.63. The van der Waals surface area contributed by atoms with Gasteiger partial charge >= 0.3 is 5.69 Å². The van der Waals surface area contributed by atoms with E-state index in [9.17, 15) is 9.59 Å². The number of amides is 1. The van der Waals surface area contributed by atoms with Crippen LogP contribution in [-0.4, -0.2) is 29.3 Å². The van der Waals surface area contributed by atoms with Crippen molar-refractivity contribution in [1.29, 1.82) is 0 Å². The monoisotopic (exact) mass is 235 g/mol. The maximum absolute atomic E-state index is 11.9. The van der Waals surface area contributed by atoms with Gasteiger partial charge in [0.25, 0.3) is 5.91 Å². The van der Waals surface area contributed by atoms with Crippen molar-refractivity contribution >= 4 is 16.9 Å². The third-order valence-corrected chi connectivity index (χ3v) is 2.54. The van der Waals surface area contributed by atoms with E-state index in [4.69, 9.17) is 4.74 Å². The summed E-state index contributed by atoms with van der Waals surface area (Å²) in [5.41, 5.74) is 1.43. The number of carbonyl (C=O) groups is 1. The van der Waals surface area contributed by atoms with Crippen molar-refractivity contribution in [3.8, 4) is 0 Å². The second kappa shape index (κ2) is 4.42. The molecule has 1 aromatic carbocycles. The first-order valence-electron chi connectivity index (χ1n) is 5.10. The lowest BCUT2D eigenvalue weighted by molar-refractivity contribution is 0.0873. The molecular formula is C11H13N3O3. The first-order valence-corrected chi connectivity index (χ1v) is 5.10. The van der Waals surface area contributed by atoms with Gasteiger partial charge in [-0.05, 0) is 12.1 Å². The van der Waals surface area contributed by atoms with E-state index >= 15 is 0 Å². The van der Waals surface area contributed by atoms with Gasteiger partial charge in [0.1, 0.15) is 6.73 Å². The fourth-order valence-electron chi connectivity index (χ4n) is 1.72. The van der Waals surface area contributed by atoms with Crippen molar-refractivity contribution in [3.63, 3.8) is 0 Å². The fourth-order valence-corrected chi connectivity index (χ4v) is 1.72. The molecule has 6 nitrogen and oxygen atoms in total. The van der Waals surface area contributed by atoms with E-state index in [2.05, 4.69) is 10.3 Å². The third kappa shape index (κ3) is 1.94. The quantitative estimate of drug-likeness (QED) is 0.746. The highest BCUT2D eigenvalue weighted by Crippen LogP contribution is 2.14. The molecule has 2 N–H and O–H groups in total. The van der Waals surface area contributed by atoms with Crippen LogP contribution in [0.5, 0.6) is 0 Å². The molecule has 0 saturated carbocycles. The van der Waals surface area contributed by atoms with Gasteiger partial charge in [-0.2, -0.15) is 0 Å². The molecule has 90 valence electrons. The largest absolute Gasteiger partial charge is 0.364 e. The highest BCUT2D eigenvalue weighted by atomic mass is 16.5. The Labute approximate surface area is 97.2 Å². The van der Waals surface area contributed by atoms with Crippen LogP contribution in [-0.2, 0) is 11.8 Å². The zero-order valence-corrected chi connectivity index (χ0v) is 9.61. The van der Waals surface area contributed by atoms with Crippen molar-refractivity contribution in [2.24, 2.45) is 7.05 Å². The van der Waals surface area contributed by atoms with Crippen LogP contribution in [0.25, 0.3) is 11.0 Å². The van der Waals surface area contributed by atoms with Crippen LogP contribution in [0.3, 0.4) is 0 Å². The molecule has 17 heavy (non-hydrogen) atoms. The number of benzene rings is 1. The van der Waals surface area contributed by atoms with Gasteiger partial charge in [0.2, 0.25) is 0 Å². The Morgan fingerprint density at radius 1 is 1.53 bits per heavy atom. The molecule has 0 aliphatic carbocycles. The molecule has 1 amide bonds. The Hall–Kier alpha value is -2.08. The van der Waals surface area contributed by atoms with Crippen LogP contribution in [0.4, 0.5) is 0 Å². The minimum absolute atomic E-state index is 0.133. The molecule has 0 unspecified atom stereocenters. The number of imidazole rings is 1. The number of aromatic nitrogens is 2. The van der Waals surface area contributed by atoms with E-state index < -0.39 is 0 Å². The van der Waals surface area contributed by atoms with Crippen LogP contribution in [0.2, 0.25) is 0 Å². The number of aryl methyl sites for hydroxylation is 1. The highest BCUT2D eigenvalue weighted by molar-refractivity contribution is 6.04. The van der Waals surface area contributed by atoms with E-state index in [-0.39, 0.29) is 18.3 Å². The second-order valence-corrected chi connectivity index (χ2v) is 3.63. The van der Waals surface area contributed by atoms with Crippen molar-refractivity contribution in [2.45, 2.75) is 0 Å². The van der Waals surface area contributed by atoms with Gasteiger partial charge in [-0.3, -0.25) is 9.36 Å². The highest BCUT2D eigenvalue weighted by Gasteiger charge is 2.13. The first-order chi connectivity index (χ1) is 8.15. The predicted octanol–water partition coefficient (Wildman–Crippen LogP) is 0.200. The standard InChI is InChI=1S/C11H13N3O3/c1-14-9-7(10(15)12-6-17-2)4-3-5-8(9)13-11(14)16/h3-5H,6H2,1-2H3,(H,12,15)(H,13,16). The van der Waals surface area contributed by atoms with Crippen molar-refractivity contribution in [1.82, 2.24) is 14.9 Å². The van der Waals surface area contributed by atoms with Gasteiger partial charge in [-0.1, -0.05) is 6.07 Å². The average molecular weight is 235 g/mol. The van der Waals surface area contributed by atoms with E-state index in [0.717, 1.165) is 0 Å². The Kier molecular flexibility index (Phi) is 2.97. The number of nitrogens with zero attached hydrogens (tertiary/aromatic N) is 1. The Balaban J connectivity index is 2.54. The Morgan fingerprint density at radius 2 is 2.29 bits per heavy atom. The molecule has 0 saturated heterocycles. The van der Waals surface area contributed by atoms with E-state index in [1.54, 1.807) is 25.2 Å². The molecule has 0 atom stereocenters. The SMILES string of the molecule is COCNC(=O)c1cccc2[nH]c(=O)n(C)c12. The summed E-state index contributed by atoms with van der Waals surface area (Å²) in [4.78, 5) is 26.0. The molecule has 0 aliphatic rings. The number of rotatable bonds is 3. The lowest BCUT2D eigenvalue weighted by Gasteiger charge is -2.05. The van der Waals surface area contributed by atoms with Gasteiger partial charge in [-0.25, -0.2) is 4.79 Å². The lowest BCUT2D eigenvalue weighted by Crippen LogP contribution is -2.26. The minimum atomic E-state index is -0.271. The van der Waals surface area contributed by atoms with Gasteiger partial charge in [0, 0.05) is 14.2 Å². The summed E-state index contributed by atoms with van der Waals surface area (Å²) in [6.07, 6.45) is 0. The number of nitrogens with one attached hydrogen (secondary N) is 2. The number of para-hydroxylation sites is 1. The third-order valence-electron chi connectivity index (χ3n) is 2.54. The Morgan fingerprint density at radius 3 is 3.00 bits per heavy atom. The number of carbonyl (C=O) groups excluding carboxylic acids is 1. The van der Waals surface area contributed by atoms with Gasteiger partial charge in [-0.15, -0.1) is 0 Å². The van der Waals surface area contributed by atoms with Crippen LogP contribution in [0.1, 0.15) is 10.4 Å². The molecule has 0 radical (unpaired) electrons. The van der Waals surface area contributed by atoms with Crippen LogP contribution in [0.15, 0.2) is 23.0 Å². The van der Waals surface area contributed by atoms with E-state index in [0.29, 0.717) is 16.6 Å². The van der Waals surface area contributed by atoms with Crippen molar-refractivity contribution in [2.75, 3.05) is 13.8 Å². The molecule has 0 aliphatic heterocycles. The number of H-pyrrole nitrogens is 1. The molecule has 6 heteroatoms. The number of fused-ring (bicyclic) bond motifs is 1. The van der Waals surface area contributed by atoms with Crippen molar-refractivity contribution in [3.05, 3.63) is 34.2 Å². The summed E-state index contributed by atoms with van der Waals surface area (Å²) in [6, 6.07) is 5.14. The topological polar surface area (TPSA) is 76.1 Å². The summed E-state index contributed by atoms with van der Waals surface area (Å²) in [5.74, 6) is -0.271. The maximum atomic E-state index is 11.9. The smallest absolute Gasteiger partial charge is 0.326 e. The minimum Gasteiger partial charge on any atom is -0.364 e. The van der Waals surface area contributed by atoms with Gasteiger partial charge in [0.15, 0.2) is 0 Å². The number of hydrogen-bond donors (Lipinski definition) is 2. The summed E-state index contributed by atoms with van der Waals surface area (Å²) in [7, 11) is 3.11. The molecule has 0 fully saturated rings. The summed E-state index contributed by atoms with van der Waals surface area (Å²) in [6.45, 7) is 0.133. The Bertz CT molecular complexity index is 612. The zero-order valence-electron chi connectivity index (χ0n) is 9.61. The number of aromatic amines is 1. The first kappa shape index (κ1) is 11.4. The molecular weight excluding hydrogens is 222 g/mol. The molecule has 0 bridgehead atoms. The van der Waals surface area contributed by atoms with E-state index in [1.807, 2.05) is 0 Å². The average Bonchev–Trinajstić information content (AvgIpc) is 2.62. The van der Waals surface area contributed by atoms with Crippen LogP contribution < -0.4 is 11.0 Å². The van der Waals surface area contributed by atoms with E-state index in [1.165, 1.54) is 11.7 Å². The summed E-state index contributed by atoms with van der Waals surface area (Å²) >= 11 is 0. The van der Waals surface area contributed by atoms with Crippen molar-refractivity contribution < 1.29 is 9.53 Å². The fraction of sp³-hybridized carbons (Fsp3) is 0.273. The number of hydrogen-bond acceptors (Lipinski definition) is 3. The van der Waals surface area contributed by atoms with Crippen LogP contribution >= 0.6 is 0 Å². The molecule has 2 aromatic rings. The maximum Gasteiger partial charge on any atom is 0.326 e. The summed E-state index contributed by atoms with van der Waals surface area (Å²) < 4.78 is 6.19. The molecule has 1 heterocycles. The lowest BCUT2D eigenvalue weighted by atomic mass is 10.1. The zero-order chi connectivity index (χ0) is 12.4. The predicted molar refractivity (Wildman–Crippen MR) is 62.9 cm³/mol. The van der Waals surface area contributed by atoms with Gasteiger partial charge in [0.05, 0.1) is 16.6 Å². The number of methoxy groups -OCH3 is 1.